The van der Waals surface area contributed by atoms with E-state index in [0.29, 0.717) is 5.82 Å². The Morgan fingerprint density at radius 3 is 2.70 bits per heavy atom. The van der Waals surface area contributed by atoms with E-state index in [1.807, 2.05) is 22.9 Å². The minimum atomic E-state index is -0.145. The summed E-state index contributed by atoms with van der Waals surface area (Å²) < 4.78 is 1.84. The fourth-order valence-corrected chi connectivity index (χ4v) is 2.85. The monoisotopic (exact) mass is 263 g/mol. The number of nitrogens with zero attached hydrogens (tertiary/aromatic N) is 3. The number of ketones is 1. The number of Topliss-reactive ketones (excluding diaryl/α,β-unsaturated/α-hetero) is 1. The Morgan fingerprint density at radius 1 is 1.25 bits per heavy atom. The van der Waals surface area contributed by atoms with Gasteiger partial charge in [-0.15, -0.1) is 5.10 Å². The quantitative estimate of drug-likeness (QED) is 0.629. The van der Waals surface area contributed by atoms with Crippen molar-refractivity contribution in [1.29, 1.82) is 0 Å². The lowest BCUT2D eigenvalue weighted by Gasteiger charge is -2.11. The molecule has 1 fully saturated rings. The van der Waals surface area contributed by atoms with Gasteiger partial charge in [-0.25, -0.2) is 9.67 Å². The molecule has 2 heterocycles. The lowest BCUT2D eigenvalue weighted by Crippen LogP contribution is -2.10. The van der Waals surface area contributed by atoms with Gasteiger partial charge in [-0.1, -0.05) is 30.3 Å². The van der Waals surface area contributed by atoms with Gasteiger partial charge in [0.25, 0.3) is 0 Å². The molecule has 1 saturated carbocycles. The molecule has 0 spiro atoms. The summed E-state index contributed by atoms with van der Waals surface area (Å²) in [5.41, 5.74) is 1.16. The van der Waals surface area contributed by atoms with Crippen molar-refractivity contribution in [3.8, 4) is 0 Å². The van der Waals surface area contributed by atoms with Crippen molar-refractivity contribution in [3.05, 3.63) is 47.5 Å². The van der Waals surface area contributed by atoms with Crippen LogP contribution in [0.1, 0.15) is 53.1 Å². The highest BCUT2D eigenvalue weighted by molar-refractivity contribution is 6.12. The fraction of sp³-hybridized carbons (Fsp3) is 0.400. The van der Waals surface area contributed by atoms with Crippen molar-refractivity contribution >= 4 is 13.6 Å². The summed E-state index contributed by atoms with van der Waals surface area (Å²) in [6.07, 6.45) is 2.73. The second-order valence-electron chi connectivity index (χ2n) is 5.65. The topological polar surface area (TPSA) is 47.8 Å². The molecular formula is C15H14BN3O. The number of aromatic nitrogens is 3. The molecule has 4 nitrogen and oxygen atoms in total. The summed E-state index contributed by atoms with van der Waals surface area (Å²) in [5, 5.41) is 4.44. The Bertz CT molecular complexity index is 663. The van der Waals surface area contributed by atoms with Crippen LogP contribution in [0, 0.1) is 5.92 Å². The zero-order chi connectivity index (χ0) is 13.7. The maximum absolute atomic E-state index is 12.1. The summed E-state index contributed by atoms with van der Waals surface area (Å²) in [6.45, 7) is 0. The standard InChI is InChI=1S/C15H14BN3O/c16-11-8-12(9-4-2-1-3-5-9)19-15(11)17-14(18-19)13(20)10-6-7-10/h1-5,10-12H,6-8H2. The molecule has 0 amide bonds. The van der Waals surface area contributed by atoms with Crippen LogP contribution in [0.25, 0.3) is 0 Å². The molecule has 0 bridgehead atoms. The van der Waals surface area contributed by atoms with E-state index in [-0.39, 0.29) is 23.6 Å². The van der Waals surface area contributed by atoms with Crippen LogP contribution in [-0.2, 0) is 0 Å². The van der Waals surface area contributed by atoms with Gasteiger partial charge in [0.1, 0.15) is 5.82 Å². The number of hydrogen-bond acceptors (Lipinski definition) is 3. The van der Waals surface area contributed by atoms with E-state index in [4.69, 9.17) is 7.85 Å². The van der Waals surface area contributed by atoms with E-state index in [2.05, 4.69) is 22.2 Å². The van der Waals surface area contributed by atoms with Crippen molar-refractivity contribution in [1.82, 2.24) is 14.8 Å². The number of fused-ring (bicyclic) bond motifs is 1. The predicted octanol–water partition coefficient (Wildman–Crippen LogP) is 2.07. The maximum Gasteiger partial charge on any atom is 0.217 e. The maximum atomic E-state index is 12.1. The van der Waals surface area contributed by atoms with Crippen molar-refractivity contribution < 1.29 is 4.79 Å². The highest BCUT2D eigenvalue weighted by Gasteiger charge is 2.37. The summed E-state index contributed by atoms with van der Waals surface area (Å²) in [6, 6.07) is 10.2. The Morgan fingerprint density at radius 2 is 2.00 bits per heavy atom. The van der Waals surface area contributed by atoms with Gasteiger partial charge in [0, 0.05) is 5.92 Å². The van der Waals surface area contributed by atoms with Crippen LogP contribution in [0.2, 0.25) is 0 Å². The summed E-state index contributed by atoms with van der Waals surface area (Å²) in [7, 11) is 6.14. The number of carbonyl (C=O) groups is 1. The molecule has 5 heteroatoms. The lowest BCUT2D eigenvalue weighted by molar-refractivity contribution is 0.0957. The molecular weight excluding hydrogens is 249 g/mol. The normalized spacial score (nSPS) is 24.6. The van der Waals surface area contributed by atoms with E-state index < -0.39 is 0 Å². The number of carbonyl (C=O) groups excluding carboxylic acids is 1. The zero-order valence-electron chi connectivity index (χ0n) is 11.1. The molecule has 0 saturated heterocycles. The van der Waals surface area contributed by atoms with Crippen molar-refractivity contribution in [3.63, 3.8) is 0 Å². The third-order valence-corrected chi connectivity index (χ3v) is 4.11. The van der Waals surface area contributed by atoms with E-state index in [9.17, 15) is 4.79 Å². The van der Waals surface area contributed by atoms with Crippen LogP contribution < -0.4 is 0 Å². The first kappa shape index (κ1) is 11.9. The average molecular weight is 263 g/mol. The van der Waals surface area contributed by atoms with Crippen LogP contribution in [-0.4, -0.2) is 28.4 Å². The SMILES string of the molecule is [B]C1CC(c2ccccc2)n2nc(C(=O)C3CC3)nc21. The number of benzene rings is 1. The molecule has 2 unspecified atom stereocenters. The summed E-state index contributed by atoms with van der Waals surface area (Å²) >= 11 is 0. The van der Waals surface area contributed by atoms with Crippen LogP contribution >= 0.6 is 0 Å². The minimum absolute atomic E-state index is 0.0749. The summed E-state index contributed by atoms with van der Waals surface area (Å²) in [4.78, 5) is 16.5. The Hall–Kier alpha value is -1.91. The summed E-state index contributed by atoms with van der Waals surface area (Å²) in [5.74, 6) is 1.16. The zero-order valence-corrected chi connectivity index (χ0v) is 11.1. The van der Waals surface area contributed by atoms with Gasteiger partial charge in [0.05, 0.1) is 13.9 Å². The highest BCUT2D eigenvalue weighted by atomic mass is 16.1. The van der Waals surface area contributed by atoms with Crippen molar-refractivity contribution in [2.75, 3.05) is 0 Å². The number of hydrogen-bond donors (Lipinski definition) is 0. The third-order valence-electron chi connectivity index (χ3n) is 4.11. The minimum Gasteiger partial charge on any atom is -0.290 e. The molecule has 4 rings (SSSR count). The fourth-order valence-electron chi connectivity index (χ4n) is 2.85. The third kappa shape index (κ3) is 1.80. The average Bonchev–Trinajstić information content (AvgIpc) is 3.15. The first-order chi connectivity index (χ1) is 9.74. The Labute approximate surface area is 118 Å². The largest absolute Gasteiger partial charge is 0.290 e. The number of rotatable bonds is 3. The van der Waals surface area contributed by atoms with Crippen LogP contribution in [0.5, 0.6) is 0 Å². The molecule has 2 radical (unpaired) electrons. The van der Waals surface area contributed by atoms with Gasteiger partial charge in [0.15, 0.2) is 0 Å². The molecule has 2 atom stereocenters. The Kier molecular flexibility index (Phi) is 2.55. The second kappa shape index (κ2) is 4.30. The Balaban J connectivity index is 1.72. The van der Waals surface area contributed by atoms with Crippen LogP contribution in [0.4, 0.5) is 0 Å². The molecule has 1 aliphatic carbocycles. The lowest BCUT2D eigenvalue weighted by atomic mass is 9.83. The van der Waals surface area contributed by atoms with E-state index in [1.165, 1.54) is 0 Å². The predicted molar refractivity (Wildman–Crippen MR) is 74.8 cm³/mol. The molecule has 1 aromatic heterocycles. The first-order valence-electron chi connectivity index (χ1n) is 7.05. The van der Waals surface area contributed by atoms with Gasteiger partial charge in [-0.05, 0) is 30.6 Å². The van der Waals surface area contributed by atoms with Gasteiger partial charge in [-0.3, -0.25) is 4.79 Å². The molecule has 1 aliphatic heterocycles. The van der Waals surface area contributed by atoms with Gasteiger partial charge in [-0.2, -0.15) is 0 Å². The van der Waals surface area contributed by atoms with E-state index in [1.54, 1.807) is 0 Å². The van der Waals surface area contributed by atoms with Crippen LogP contribution in [0.15, 0.2) is 30.3 Å². The van der Waals surface area contributed by atoms with Crippen molar-refractivity contribution in [2.24, 2.45) is 5.92 Å². The van der Waals surface area contributed by atoms with E-state index >= 15 is 0 Å². The molecule has 2 aliphatic rings. The van der Waals surface area contributed by atoms with Gasteiger partial charge in [0.2, 0.25) is 11.6 Å². The van der Waals surface area contributed by atoms with Gasteiger partial charge < -0.3 is 0 Å². The van der Waals surface area contributed by atoms with Gasteiger partial charge >= 0.3 is 0 Å². The molecule has 0 N–H and O–H groups in total. The molecule has 2 aromatic rings. The smallest absolute Gasteiger partial charge is 0.217 e. The van der Waals surface area contributed by atoms with Crippen molar-refractivity contribution in [2.45, 2.75) is 31.1 Å². The van der Waals surface area contributed by atoms with E-state index in [0.717, 1.165) is 30.7 Å². The molecule has 98 valence electrons. The highest BCUT2D eigenvalue weighted by Crippen LogP contribution is 2.38. The molecule has 20 heavy (non-hydrogen) atoms. The van der Waals surface area contributed by atoms with Crippen LogP contribution in [0.3, 0.4) is 0 Å². The molecule has 1 aromatic carbocycles. The second-order valence-corrected chi connectivity index (χ2v) is 5.65. The first-order valence-corrected chi connectivity index (χ1v) is 7.05.